The van der Waals surface area contributed by atoms with E-state index in [0.717, 1.165) is 0 Å². The second-order valence-electron chi connectivity index (χ2n) is 7.09. The fourth-order valence-corrected chi connectivity index (χ4v) is 2.64. The number of carbonyl (C=O) groups is 2. The van der Waals surface area contributed by atoms with Crippen molar-refractivity contribution in [1.82, 2.24) is 5.32 Å². The summed E-state index contributed by atoms with van der Waals surface area (Å²) in [6.07, 6.45) is 0.364. The van der Waals surface area contributed by atoms with Crippen LogP contribution in [-0.2, 0) is 28.2 Å². The van der Waals surface area contributed by atoms with Crippen molar-refractivity contribution in [3.05, 3.63) is 0 Å². The van der Waals surface area contributed by atoms with Gasteiger partial charge in [0.2, 0.25) is 5.91 Å². The van der Waals surface area contributed by atoms with E-state index < -0.39 is 20.3 Å². The van der Waals surface area contributed by atoms with Gasteiger partial charge in [-0.05, 0) is 18.1 Å². The molecular formula is C16H33NO6Si. The Balaban J connectivity index is 4.43. The minimum absolute atomic E-state index is 0.0895. The van der Waals surface area contributed by atoms with E-state index in [4.69, 9.17) is 18.6 Å². The summed E-state index contributed by atoms with van der Waals surface area (Å²) in [6.45, 7) is 11.7. The molecule has 1 N–H and O–H groups in total. The summed E-state index contributed by atoms with van der Waals surface area (Å²) >= 11 is 0. The highest BCUT2D eigenvalue weighted by atomic mass is 28.4. The molecule has 0 fully saturated rings. The van der Waals surface area contributed by atoms with E-state index in [2.05, 4.69) is 39.2 Å². The van der Waals surface area contributed by atoms with Gasteiger partial charge in [-0.15, -0.1) is 0 Å². The predicted molar refractivity (Wildman–Crippen MR) is 94.4 cm³/mol. The van der Waals surface area contributed by atoms with Gasteiger partial charge in [0, 0.05) is 20.1 Å². The van der Waals surface area contributed by atoms with Crippen LogP contribution >= 0.6 is 0 Å². The van der Waals surface area contributed by atoms with Crippen LogP contribution in [0, 0.1) is 0 Å². The molecule has 1 amide bonds. The Kier molecular flexibility index (Phi) is 10.4. The Morgan fingerprint density at radius 1 is 1.08 bits per heavy atom. The predicted octanol–water partition coefficient (Wildman–Crippen LogP) is 1.72. The van der Waals surface area contributed by atoms with Crippen LogP contribution in [0.2, 0.25) is 18.1 Å². The number of methoxy groups -OCH3 is 2. The summed E-state index contributed by atoms with van der Waals surface area (Å²) in [5.41, 5.74) is 0. The van der Waals surface area contributed by atoms with Crippen LogP contribution in [0.1, 0.15) is 27.2 Å². The third kappa shape index (κ3) is 8.77. The van der Waals surface area contributed by atoms with Gasteiger partial charge >= 0.3 is 5.97 Å². The van der Waals surface area contributed by atoms with E-state index in [-0.39, 0.29) is 17.6 Å². The third-order valence-electron chi connectivity index (χ3n) is 4.16. The van der Waals surface area contributed by atoms with E-state index in [1.807, 2.05) is 0 Å². The summed E-state index contributed by atoms with van der Waals surface area (Å²) in [4.78, 5) is 23.7. The fraction of sp³-hybridized carbons (Fsp3) is 0.875. The van der Waals surface area contributed by atoms with Crippen molar-refractivity contribution in [2.45, 2.75) is 51.4 Å². The molecule has 0 aromatic heterocycles. The van der Waals surface area contributed by atoms with Gasteiger partial charge in [0.15, 0.2) is 8.32 Å². The van der Waals surface area contributed by atoms with Crippen molar-refractivity contribution in [2.75, 3.05) is 40.6 Å². The number of amides is 1. The zero-order valence-electron chi connectivity index (χ0n) is 16.1. The SMILES string of the molecule is COCCOCC(=O)N[C@H](CCO[Si](C)(C)C(C)(C)C)C(=O)OC. The molecule has 0 aliphatic rings. The van der Waals surface area contributed by atoms with Gasteiger partial charge in [0.1, 0.15) is 12.6 Å². The van der Waals surface area contributed by atoms with Gasteiger partial charge < -0.3 is 24.0 Å². The van der Waals surface area contributed by atoms with Gasteiger partial charge in [-0.25, -0.2) is 4.79 Å². The molecule has 8 heteroatoms. The first-order valence-electron chi connectivity index (χ1n) is 8.13. The normalized spacial score (nSPS) is 13.5. The molecule has 0 unspecified atom stereocenters. The molecule has 0 rings (SSSR count). The van der Waals surface area contributed by atoms with Crippen molar-refractivity contribution >= 4 is 20.2 Å². The quantitative estimate of drug-likeness (QED) is 0.342. The number of esters is 1. The smallest absolute Gasteiger partial charge is 0.328 e. The van der Waals surface area contributed by atoms with Gasteiger partial charge in [-0.1, -0.05) is 20.8 Å². The molecule has 142 valence electrons. The first-order chi connectivity index (χ1) is 11.0. The molecule has 0 bridgehead atoms. The van der Waals surface area contributed by atoms with E-state index in [1.54, 1.807) is 7.11 Å². The van der Waals surface area contributed by atoms with Crippen molar-refractivity contribution in [1.29, 1.82) is 0 Å². The Hall–Kier alpha value is -0.963. The molecule has 0 aromatic carbocycles. The lowest BCUT2D eigenvalue weighted by Gasteiger charge is -2.36. The van der Waals surface area contributed by atoms with E-state index in [0.29, 0.717) is 26.2 Å². The van der Waals surface area contributed by atoms with Crippen molar-refractivity contribution in [3.63, 3.8) is 0 Å². The number of carbonyl (C=O) groups excluding carboxylic acids is 2. The molecule has 0 aliphatic heterocycles. The number of hydrogen-bond donors (Lipinski definition) is 1. The average Bonchev–Trinajstić information content (AvgIpc) is 2.48. The number of hydrogen-bond acceptors (Lipinski definition) is 6. The average molecular weight is 364 g/mol. The lowest BCUT2D eigenvalue weighted by molar-refractivity contribution is -0.146. The lowest BCUT2D eigenvalue weighted by Crippen LogP contribution is -2.46. The molecular weight excluding hydrogens is 330 g/mol. The molecule has 0 radical (unpaired) electrons. The Bertz CT molecular complexity index is 395. The zero-order valence-corrected chi connectivity index (χ0v) is 17.1. The standard InChI is InChI=1S/C16H33NO6Si/c1-16(2,3)24(6,7)23-9-8-13(15(19)21-5)17-14(18)12-22-11-10-20-4/h13H,8-12H2,1-7H3,(H,17,18)/t13-/m1/s1. The minimum atomic E-state index is -1.89. The van der Waals surface area contributed by atoms with Crippen LogP contribution in [0.3, 0.4) is 0 Å². The van der Waals surface area contributed by atoms with E-state index in [9.17, 15) is 9.59 Å². The van der Waals surface area contributed by atoms with Crippen molar-refractivity contribution in [3.8, 4) is 0 Å². The van der Waals surface area contributed by atoms with Crippen LogP contribution in [0.15, 0.2) is 0 Å². The molecule has 1 atom stereocenters. The topological polar surface area (TPSA) is 83.1 Å². The number of nitrogens with one attached hydrogen (secondary N) is 1. The van der Waals surface area contributed by atoms with Crippen LogP contribution in [0.5, 0.6) is 0 Å². The minimum Gasteiger partial charge on any atom is -0.467 e. The molecule has 0 aliphatic carbocycles. The highest BCUT2D eigenvalue weighted by Crippen LogP contribution is 2.36. The molecule has 0 aromatic rings. The maximum Gasteiger partial charge on any atom is 0.328 e. The summed E-state index contributed by atoms with van der Waals surface area (Å²) < 4.78 is 20.8. The second kappa shape index (κ2) is 10.8. The van der Waals surface area contributed by atoms with Crippen molar-refractivity contribution < 1.29 is 28.2 Å². The molecule has 0 saturated heterocycles. The second-order valence-corrected chi connectivity index (χ2v) is 11.9. The first-order valence-corrected chi connectivity index (χ1v) is 11.0. The van der Waals surface area contributed by atoms with Gasteiger partial charge in [0.05, 0.1) is 20.3 Å². The third-order valence-corrected chi connectivity index (χ3v) is 8.70. The van der Waals surface area contributed by atoms with Gasteiger partial charge in [-0.2, -0.15) is 0 Å². The van der Waals surface area contributed by atoms with Crippen LogP contribution in [-0.4, -0.2) is 66.9 Å². The molecule has 24 heavy (non-hydrogen) atoms. The molecule has 0 heterocycles. The molecule has 0 saturated carbocycles. The van der Waals surface area contributed by atoms with Crippen molar-refractivity contribution in [2.24, 2.45) is 0 Å². The van der Waals surface area contributed by atoms with Crippen LogP contribution < -0.4 is 5.32 Å². The Morgan fingerprint density at radius 3 is 2.21 bits per heavy atom. The van der Waals surface area contributed by atoms with E-state index >= 15 is 0 Å². The summed E-state index contributed by atoms with van der Waals surface area (Å²) in [7, 11) is 0.961. The molecule has 7 nitrogen and oxygen atoms in total. The maximum absolute atomic E-state index is 11.8. The highest BCUT2D eigenvalue weighted by Gasteiger charge is 2.37. The van der Waals surface area contributed by atoms with Crippen LogP contribution in [0.4, 0.5) is 0 Å². The zero-order chi connectivity index (χ0) is 18.8. The summed E-state index contributed by atoms with van der Waals surface area (Å²) in [6, 6.07) is -0.738. The lowest BCUT2D eigenvalue weighted by atomic mass is 10.2. The fourth-order valence-electron chi connectivity index (χ4n) is 1.58. The Labute approximate surface area is 146 Å². The van der Waals surface area contributed by atoms with Gasteiger partial charge in [0.25, 0.3) is 0 Å². The van der Waals surface area contributed by atoms with Gasteiger partial charge in [-0.3, -0.25) is 4.79 Å². The largest absolute Gasteiger partial charge is 0.467 e. The Morgan fingerprint density at radius 2 is 1.71 bits per heavy atom. The number of ether oxygens (including phenoxy) is 3. The highest BCUT2D eigenvalue weighted by molar-refractivity contribution is 6.74. The summed E-state index contributed by atoms with van der Waals surface area (Å²) in [5, 5.41) is 2.72. The summed E-state index contributed by atoms with van der Waals surface area (Å²) in [5.74, 6) is -0.854. The number of rotatable bonds is 11. The first kappa shape index (κ1) is 23.0. The maximum atomic E-state index is 11.8. The molecule has 0 spiro atoms. The monoisotopic (exact) mass is 363 g/mol. The van der Waals surface area contributed by atoms with E-state index in [1.165, 1.54) is 7.11 Å². The van der Waals surface area contributed by atoms with Crippen LogP contribution in [0.25, 0.3) is 0 Å².